The molecule has 0 radical (unpaired) electrons. The van der Waals surface area contributed by atoms with Crippen LogP contribution in [0.15, 0.2) is 34.9 Å². The third-order valence-corrected chi connectivity index (χ3v) is 3.49. The molecule has 0 aliphatic carbocycles. The minimum absolute atomic E-state index is 0.0612. The Hall–Kier alpha value is -1.66. The molecule has 98 valence electrons. The highest BCUT2D eigenvalue weighted by Crippen LogP contribution is 2.24. The molecule has 7 heteroatoms. The van der Waals surface area contributed by atoms with Crippen molar-refractivity contribution in [1.82, 2.24) is 4.98 Å². The summed E-state index contributed by atoms with van der Waals surface area (Å²) in [6.07, 6.45) is 1.39. The molecule has 0 unspecified atom stereocenters. The highest BCUT2D eigenvalue weighted by Gasteiger charge is 2.13. The second-order valence-electron chi connectivity index (χ2n) is 3.65. The van der Waals surface area contributed by atoms with Crippen molar-refractivity contribution in [2.45, 2.75) is 0 Å². The molecule has 0 fully saturated rings. The number of pyridine rings is 1. The van der Waals surface area contributed by atoms with Crippen molar-refractivity contribution in [1.29, 1.82) is 0 Å². The molecule has 0 atom stereocenters. The minimum Gasteiger partial charge on any atom is -0.396 e. The largest absolute Gasteiger partial charge is 0.396 e. The average molecular weight is 345 g/mol. The number of anilines is 2. The molecule has 0 aliphatic heterocycles. The van der Waals surface area contributed by atoms with Crippen molar-refractivity contribution < 1.29 is 9.18 Å². The van der Waals surface area contributed by atoms with E-state index in [1.165, 1.54) is 24.4 Å². The van der Waals surface area contributed by atoms with E-state index in [1.807, 2.05) is 0 Å². The fourth-order valence-electron chi connectivity index (χ4n) is 1.42. The maximum atomic E-state index is 13.3. The number of halogens is 3. The Morgan fingerprint density at radius 3 is 2.89 bits per heavy atom. The van der Waals surface area contributed by atoms with E-state index in [2.05, 4.69) is 26.2 Å². The van der Waals surface area contributed by atoms with E-state index in [0.717, 1.165) is 0 Å². The maximum Gasteiger partial charge on any atom is 0.257 e. The van der Waals surface area contributed by atoms with Crippen LogP contribution < -0.4 is 11.1 Å². The smallest absolute Gasteiger partial charge is 0.257 e. The van der Waals surface area contributed by atoms with Gasteiger partial charge in [0.25, 0.3) is 5.91 Å². The summed E-state index contributed by atoms with van der Waals surface area (Å²) in [6.45, 7) is 0. The van der Waals surface area contributed by atoms with Gasteiger partial charge in [0.15, 0.2) is 0 Å². The first-order valence-electron chi connectivity index (χ1n) is 5.15. The molecule has 0 bridgehead atoms. The topological polar surface area (TPSA) is 68.0 Å². The van der Waals surface area contributed by atoms with Crippen LogP contribution in [0.1, 0.15) is 10.4 Å². The number of hydrogen-bond acceptors (Lipinski definition) is 3. The van der Waals surface area contributed by atoms with E-state index in [1.54, 1.807) is 6.07 Å². The summed E-state index contributed by atoms with van der Waals surface area (Å²) in [7, 11) is 0. The Bertz CT molecular complexity index is 651. The molecule has 2 rings (SSSR count). The van der Waals surface area contributed by atoms with Gasteiger partial charge < -0.3 is 11.1 Å². The lowest BCUT2D eigenvalue weighted by Gasteiger charge is -2.08. The van der Waals surface area contributed by atoms with Crippen LogP contribution in [0.4, 0.5) is 15.8 Å². The minimum atomic E-state index is -0.636. The third kappa shape index (κ3) is 3.02. The van der Waals surface area contributed by atoms with Crippen LogP contribution >= 0.6 is 27.5 Å². The molecule has 3 N–H and O–H groups in total. The summed E-state index contributed by atoms with van der Waals surface area (Å²) in [6, 6.07) is 5.62. The molecule has 0 aliphatic rings. The number of carbonyl (C=O) groups excluding carboxylic acids is 1. The second kappa shape index (κ2) is 5.54. The van der Waals surface area contributed by atoms with Crippen LogP contribution in [0.5, 0.6) is 0 Å². The van der Waals surface area contributed by atoms with Gasteiger partial charge >= 0.3 is 0 Å². The quantitative estimate of drug-likeness (QED) is 0.647. The summed E-state index contributed by atoms with van der Waals surface area (Å²) < 4.78 is 13.8. The SMILES string of the molecule is Nc1c(F)cccc1C(=O)Nc1cnc(Cl)c(Br)c1. The Morgan fingerprint density at radius 2 is 2.21 bits per heavy atom. The van der Waals surface area contributed by atoms with Crippen molar-refractivity contribution in [3.8, 4) is 0 Å². The first kappa shape index (κ1) is 13.8. The number of para-hydroxylation sites is 1. The molecule has 1 aromatic carbocycles. The van der Waals surface area contributed by atoms with Crippen LogP contribution in [0.25, 0.3) is 0 Å². The highest BCUT2D eigenvalue weighted by molar-refractivity contribution is 9.10. The zero-order valence-electron chi connectivity index (χ0n) is 9.45. The fourth-order valence-corrected chi connectivity index (χ4v) is 1.88. The molecular weight excluding hydrogens is 337 g/mol. The molecule has 19 heavy (non-hydrogen) atoms. The summed E-state index contributed by atoms with van der Waals surface area (Å²) in [5.41, 5.74) is 5.80. The van der Waals surface area contributed by atoms with E-state index in [4.69, 9.17) is 17.3 Å². The molecular formula is C12H8BrClFN3O. The van der Waals surface area contributed by atoms with E-state index < -0.39 is 11.7 Å². The lowest BCUT2D eigenvalue weighted by molar-refractivity contribution is 0.102. The van der Waals surface area contributed by atoms with Gasteiger partial charge in [0, 0.05) is 0 Å². The number of nitrogen functional groups attached to an aromatic ring is 1. The number of nitrogens with one attached hydrogen (secondary N) is 1. The standard InChI is InChI=1S/C12H8BrClFN3O/c13-8-4-6(5-17-11(8)14)18-12(19)7-2-1-3-9(15)10(7)16/h1-5H,16H2,(H,18,19). The van der Waals surface area contributed by atoms with Crippen molar-refractivity contribution in [2.75, 3.05) is 11.1 Å². The number of benzene rings is 1. The molecule has 2 aromatic rings. The Balaban J connectivity index is 2.26. The lowest BCUT2D eigenvalue weighted by atomic mass is 10.1. The molecule has 0 saturated heterocycles. The third-order valence-electron chi connectivity index (χ3n) is 2.35. The van der Waals surface area contributed by atoms with Crippen LogP contribution in [0.2, 0.25) is 5.15 Å². The summed E-state index contributed by atoms with van der Waals surface area (Å²) in [4.78, 5) is 15.8. The Labute approximate surface area is 121 Å². The monoisotopic (exact) mass is 343 g/mol. The molecule has 1 amide bonds. The van der Waals surface area contributed by atoms with Gasteiger partial charge in [-0.15, -0.1) is 0 Å². The van der Waals surface area contributed by atoms with Crippen LogP contribution in [-0.2, 0) is 0 Å². The van der Waals surface area contributed by atoms with E-state index in [9.17, 15) is 9.18 Å². The summed E-state index contributed by atoms with van der Waals surface area (Å²) >= 11 is 8.93. The predicted molar refractivity (Wildman–Crippen MR) is 75.7 cm³/mol. The molecule has 4 nitrogen and oxygen atoms in total. The van der Waals surface area contributed by atoms with Gasteiger partial charge in [0.1, 0.15) is 11.0 Å². The van der Waals surface area contributed by atoms with Gasteiger partial charge in [0.2, 0.25) is 0 Å². The first-order chi connectivity index (χ1) is 8.99. The normalized spacial score (nSPS) is 10.3. The summed E-state index contributed by atoms with van der Waals surface area (Å²) in [5.74, 6) is -1.16. The van der Waals surface area contributed by atoms with Crippen LogP contribution in [0, 0.1) is 5.82 Å². The lowest BCUT2D eigenvalue weighted by Crippen LogP contribution is -2.15. The highest BCUT2D eigenvalue weighted by atomic mass is 79.9. The number of carbonyl (C=O) groups is 1. The molecule has 0 spiro atoms. The Morgan fingerprint density at radius 1 is 1.47 bits per heavy atom. The zero-order valence-corrected chi connectivity index (χ0v) is 11.8. The molecule has 1 aromatic heterocycles. The average Bonchev–Trinajstić information content (AvgIpc) is 2.37. The van der Waals surface area contributed by atoms with Gasteiger partial charge in [-0.25, -0.2) is 9.37 Å². The van der Waals surface area contributed by atoms with Gasteiger partial charge in [-0.1, -0.05) is 17.7 Å². The van der Waals surface area contributed by atoms with Gasteiger partial charge in [-0.2, -0.15) is 0 Å². The number of hydrogen-bond donors (Lipinski definition) is 2. The van der Waals surface area contributed by atoms with Crippen molar-refractivity contribution >= 4 is 44.8 Å². The van der Waals surface area contributed by atoms with Crippen molar-refractivity contribution in [3.63, 3.8) is 0 Å². The van der Waals surface area contributed by atoms with Crippen LogP contribution in [-0.4, -0.2) is 10.9 Å². The number of rotatable bonds is 2. The van der Waals surface area contributed by atoms with E-state index in [0.29, 0.717) is 10.2 Å². The Kier molecular flexibility index (Phi) is 4.01. The van der Waals surface area contributed by atoms with E-state index in [-0.39, 0.29) is 16.4 Å². The number of nitrogens with zero attached hydrogens (tertiary/aromatic N) is 1. The number of amides is 1. The van der Waals surface area contributed by atoms with Crippen LogP contribution in [0.3, 0.4) is 0 Å². The summed E-state index contributed by atoms with van der Waals surface area (Å²) in [5, 5.41) is 2.84. The number of nitrogens with two attached hydrogens (primary N) is 1. The van der Waals surface area contributed by atoms with Gasteiger partial charge in [0.05, 0.1) is 27.6 Å². The van der Waals surface area contributed by atoms with Gasteiger partial charge in [-0.05, 0) is 34.1 Å². The number of aromatic nitrogens is 1. The van der Waals surface area contributed by atoms with Crippen molar-refractivity contribution in [3.05, 3.63) is 51.5 Å². The first-order valence-corrected chi connectivity index (χ1v) is 6.32. The van der Waals surface area contributed by atoms with E-state index >= 15 is 0 Å². The molecule has 1 heterocycles. The second-order valence-corrected chi connectivity index (χ2v) is 4.86. The maximum absolute atomic E-state index is 13.3. The fraction of sp³-hybridized carbons (Fsp3) is 0. The predicted octanol–water partition coefficient (Wildman–Crippen LogP) is 3.47. The van der Waals surface area contributed by atoms with Gasteiger partial charge in [-0.3, -0.25) is 4.79 Å². The van der Waals surface area contributed by atoms with Crippen molar-refractivity contribution in [2.24, 2.45) is 0 Å². The zero-order chi connectivity index (χ0) is 14.0. The molecule has 0 saturated carbocycles.